The molecule has 5 heteroatoms. The number of alkyl halides is 1. The molecule has 1 aromatic rings. The van der Waals surface area contributed by atoms with Gasteiger partial charge in [0.15, 0.2) is 0 Å². The first-order valence-corrected chi connectivity index (χ1v) is 7.10. The van der Waals surface area contributed by atoms with Gasteiger partial charge in [-0.15, -0.1) is 11.6 Å². The second-order valence-corrected chi connectivity index (χ2v) is 5.61. The summed E-state index contributed by atoms with van der Waals surface area (Å²) >= 11 is 5.72. The van der Waals surface area contributed by atoms with E-state index in [4.69, 9.17) is 11.6 Å². The van der Waals surface area contributed by atoms with E-state index in [1.807, 2.05) is 25.1 Å². The number of benzene rings is 1. The van der Waals surface area contributed by atoms with Crippen molar-refractivity contribution in [1.29, 1.82) is 0 Å². The Hall–Kier alpha value is -1.55. The maximum Gasteiger partial charge on any atom is 0.251 e. The summed E-state index contributed by atoms with van der Waals surface area (Å²) in [6.07, 6.45) is 0. The Balaban J connectivity index is 2.37. The highest BCUT2D eigenvalue weighted by Gasteiger charge is 2.25. The van der Waals surface area contributed by atoms with E-state index in [0.717, 1.165) is 5.56 Å². The van der Waals surface area contributed by atoms with E-state index in [9.17, 15) is 9.59 Å². The highest BCUT2D eigenvalue weighted by Crippen LogP contribution is 2.16. The molecular formula is C15H21ClN2O2. The molecule has 2 N–H and O–H groups in total. The highest BCUT2D eigenvalue weighted by molar-refractivity contribution is 6.19. The molecule has 4 nitrogen and oxygen atoms in total. The standard InChI is InChI=1S/C15H21ClN2O2/c1-11-6-4-5-7-12(11)13(19)17-8-9-18-14(20)15(2,3)10-16/h4-7H,8-10H2,1-3H3,(H,17,19)(H,18,20). The van der Waals surface area contributed by atoms with Gasteiger partial charge in [-0.3, -0.25) is 9.59 Å². The zero-order valence-electron chi connectivity index (χ0n) is 12.1. The van der Waals surface area contributed by atoms with Gasteiger partial charge in [0.05, 0.1) is 5.41 Å². The van der Waals surface area contributed by atoms with Crippen LogP contribution in [0.1, 0.15) is 29.8 Å². The van der Waals surface area contributed by atoms with Crippen molar-refractivity contribution in [2.75, 3.05) is 19.0 Å². The van der Waals surface area contributed by atoms with Gasteiger partial charge < -0.3 is 10.6 Å². The first-order valence-electron chi connectivity index (χ1n) is 6.56. The molecule has 0 heterocycles. The normalized spacial score (nSPS) is 11.0. The molecule has 20 heavy (non-hydrogen) atoms. The average molecular weight is 297 g/mol. The lowest BCUT2D eigenvalue weighted by Gasteiger charge is -2.20. The number of carbonyl (C=O) groups excluding carboxylic acids is 2. The molecule has 0 radical (unpaired) electrons. The largest absolute Gasteiger partial charge is 0.354 e. The van der Waals surface area contributed by atoms with Crippen molar-refractivity contribution in [2.24, 2.45) is 5.41 Å². The van der Waals surface area contributed by atoms with Crippen LogP contribution in [-0.2, 0) is 4.79 Å². The molecule has 0 fully saturated rings. The van der Waals surface area contributed by atoms with Gasteiger partial charge in [0, 0.05) is 24.5 Å². The molecule has 110 valence electrons. The molecule has 0 bridgehead atoms. The third-order valence-corrected chi connectivity index (χ3v) is 3.70. The summed E-state index contributed by atoms with van der Waals surface area (Å²) in [6.45, 7) is 6.22. The van der Waals surface area contributed by atoms with Crippen LogP contribution in [0.3, 0.4) is 0 Å². The molecule has 0 aliphatic carbocycles. The Bertz CT molecular complexity index is 487. The van der Waals surface area contributed by atoms with Crippen LogP contribution >= 0.6 is 11.6 Å². The molecule has 0 unspecified atom stereocenters. The molecule has 1 rings (SSSR count). The monoisotopic (exact) mass is 296 g/mol. The number of amides is 2. The van der Waals surface area contributed by atoms with Crippen LogP contribution in [0.15, 0.2) is 24.3 Å². The smallest absolute Gasteiger partial charge is 0.251 e. The van der Waals surface area contributed by atoms with Crippen molar-refractivity contribution < 1.29 is 9.59 Å². The SMILES string of the molecule is Cc1ccccc1C(=O)NCCNC(=O)C(C)(C)CCl. The third kappa shape index (κ3) is 4.53. The second-order valence-electron chi connectivity index (χ2n) is 5.34. The third-order valence-electron chi connectivity index (χ3n) is 3.03. The summed E-state index contributed by atoms with van der Waals surface area (Å²) in [5, 5.41) is 5.54. The number of hydrogen-bond donors (Lipinski definition) is 2. The van der Waals surface area contributed by atoms with E-state index in [0.29, 0.717) is 18.7 Å². The van der Waals surface area contributed by atoms with Gasteiger partial charge >= 0.3 is 0 Å². The predicted molar refractivity (Wildman–Crippen MR) is 81.0 cm³/mol. The lowest BCUT2D eigenvalue weighted by atomic mass is 9.95. The predicted octanol–water partition coefficient (Wildman–Crippen LogP) is 2.11. The minimum absolute atomic E-state index is 0.113. The van der Waals surface area contributed by atoms with E-state index in [1.54, 1.807) is 19.9 Å². The van der Waals surface area contributed by atoms with Crippen LogP contribution in [0.25, 0.3) is 0 Å². The molecule has 0 aliphatic heterocycles. The molecule has 1 aromatic carbocycles. The first kappa shape index (κ1) is 16.5. The minimum atomic E-state index is -0.596. The van der Waals surface area contributed by atoms with Gasteiger partial charge in [-0.25, -0.2) is 0 Å². The van der Waals surface area contributed by atoms with Gasteiger partial charge in [-0.1, -0.05) is 18.2 Å². The fourth-order valence-corrected chi connectivity index (χ4v) is 1.70. The lowest BCUT2D eigenvalue weighted by molar-refractivity contribution is -0.128. The Kier molecular flexibility index (Phi) is 6.02. The van der Waals surface area contributed by atoms with Gasteiger partial charge in [0.25, 0.3) is 5.91 Å². The van der Waals surface area contributed by atoms with Crippen LogP contribution in [0.5, 0.6) is 0 Å². The van der Waals surface area contributed by atoms with Crippen LogP contribution in [0.2, 0.25) is 0 Å². The van der Waals surface area contributed by atoms with Crippen molar-refractivity contribution in [3.8, 4) is 0 Å². The quantitative estimate of drug-likeness (QED) is 0.624. The maximum absolute atomic E-state index is 11.9. The molecule has 0 atom stereocenters. The summed E-state index contributed by atoms with van der Waals surface area (Å²) in [7, 11) is 0. The van der Waals surface area contributed by atoms with Crippen molar-refractivity contribution in [2.45, 2.75) is 20.8 Å². The molecule has 0 saturated heterocycles. The van der Waals surface area contributed by atoms with Crippen LogP contribution in [0, 0.1) is 12.3 Å². The maximum atomic E-state index is 11.9. The summed E-state index contributed by atoms with van der Waals surface area (Å²) in [4.78, 5) is 23.7. The summed E-state index contributed by atoms with van der Waals surface area (Å²) < 4.78 is 0. The molecule has 2 amide bonds. The number of halogens is 1. The molecule has 0 spiro atoms. The van der Waals surface area contributed by atoms with Crippen LogP contribution in [-0.4, -0.2) is 30.8 Å². The Morgan fingerprint density at radius 2 is 1.75 bits per heavy atom. The minimum Gasteiger partial charge on any atom is -0.354 e. The van der Waals surface area contributed by atoms with Gasteiger partial charge in [0.1, 0.15) is 0 Å². The van der Waals surface area contributed by atoms with Gasteiger partial charge in [-0.05, 0) is 32.4 Å². The fraction of sp³-hybridized carbons (Fsp3) is 0.467. The zero-order chi connectivity index (χ0) is 15.2. The highest BCUT2D eigenvalue weighted by atomic mass is 35.5. The van der Waals surface area contributed by atoms with Gasteiger partial charge in [-0.2, -0.15) is 0 Å². The topological polar surface area (TPSA) is 58.2 Å². The average Bonchev–Trinajstić information content (AvgIpc) is 2.43. The number of rotatable bonds is 6. The van der Waals surface area contributed by atoms with Crippen molar-refractivity contribution in [1.82, 2.24) is 10.6 Å². The number of nitrogens with one attached hydrogen (secondary N) is 2. The summed E-state index contributed by atoms with van der Waals surface area (Å²) in [5.74, 6) is 0.0144. The lowest BCUT2D eigenvalue weighted by Crippen LogP contribution is -2.42. The number of aryl methyl sites for hydroxylation is 1. The van der Waals surface area contributed by atoms with Crippen LogP contribution < -0.4 is 10.6 Å². The van der Waals surface area contributed by atoms with Crippen molar-refractivity contribution in [3.63, 3.8) is 0 Å². The summed E-state index contributed by atoms with van der Waals surface area (Å²) in [6, 6.07) is 7.38. The van der Waals surface area contributed by atoms with E-state index in [2.05, 4.69) is 10.6 Å². The Labute approximate surface area is 124 Å². The molecular weight excluding hydrogens is 276 g/mol. The second kappa shape index (κ2) is 7.29. The van der Waals surface area contributed by atoms with Crippen LogP contribution in [0.4, 0.5) is 0 Å². The van der Waals surface area contributed by atoms with E-state index >= 15 is 0 Å². The molecule has 0 aliphatic rings. The van der Waals surface area contributed by atoms with E-state index < -0.39 is 5.41 Å². The zero-order valence-corrected chi connectivity index (χ0v) is 12.9. The Morgan fingerprint density at radius 3 is 2.35 bits per heavy atom. The first-order chi connectivity index (χ1) is 9.38. The van der Waals surface area contributed by atoms with Crippen molar-refractivity contribution >= 4 is 23.4 Å². The van der Waals surface area contributed by atoms with Crippen molar-refractivity contribution in [3.05, 3.63) is 35.4 Å². The fourth-order valence-electron chi connectivity index (χ4n) is 1.57. The number of carbonyl (C=O) groups is 2. The van der Waals surface area contributed by atoms with E-state index in [-0.39, 0.29) is 17.7 Å². The summed E-state index contributed by atoms with van der Waals surface area (Å²) in [5.41, 5.74) is 0.985. The Morgan fingerprint density at radius 1 is 1.15 bits per heavy atom. The molecule has 0 saturated carbocycles. The van der Waals surface area contributed by atoms with E-state index in [1.165, 1.54) is 0 Å². The number of hydrogen-bond acceptors (Lipinski definition) is 2. The molecule has 0 aromatic heterocycles. The van der Waals surface area contributed by atoms with Gasteiger partial charge in [0.2, 0.25) is 5.91 Å².